The monoisotopic (exact) mass is 453 g/mol. The van der Waals surface area contributed by atoms with Crippen molar-refractivity contribution in [2.75, 3.05) is 45.3 Å². The molecule has 1 aromatic heterocycles. The van der Waals surface area contributed by atoms with Crippen LogP contribution < -0.4 is 14.8 Å². The van der Waals surface area contributed by atoms with Gasteiger partial charge in [-0.1, -0.05) is 6.92 Å². The van der Waals surface area contributed by atoms with Crippen LogP contribution in [0.15, 0.2) is 12.1 Å². The summed E-state index contributed by atoms with van der Waals surface area (Å²) in [5.74, 6) is 2.59. The van der Waals surface area contributed by atoms with Crippen molar-refractivity contribution in [1.82, 2.24) is 9.88 Å². The van der Waals surface area contributed by atoms with E-state index in [9.17, 15) is 4.79 Å². The molecular weight excluding hydrogens is 418 g/mol. The summed E-state index contributed by atoms with van der Waals surface area (Å²) in [6.45, 7) is 8.51. The number of pyridine rings is 1. The van der Waals surface area contributed by atoms with E-state index < -0.39 is 0 Å². The van der Waals surface area contributed by atoms with Crippen LogP contribution in [-0.2, 0) is 16.0 Å². The molecule has 1 aromatic carbocycles. The Hall–Kier alpha value is -2.54. The Kier molecular flexibility index (Phi) is 6.32. The molecule has 5 rings (SSSR count). The van der Waals surface area contributed by atoms with Gasteiger partial charge in [0.1, 0.15) is 11.9 Å². The lowest BCUT2D eigenvalue weighted by molar-refractivity contribution is -0.145. The molecule has 33 heavy (non-hydrogen) atoms. The number of fused-ring (bicyclic) bond motifs is 2. The van der Waals surface area contributed by atoms with Crippen LogP contribution in [0.2, 0.25) is 0 Å². The second kappa shape index (κ2) is 9.37. The minimum absolute atomic E-state index is 0.164. The molecule has 1 N–H and O–H groups in total. The molecule has 3 heterocycles. The number of carbonyl (C=O) groups excluding carboxylic acids is 1. The van der Waals surface area contributed by atoms with Crippen LogP contribution in [0.3, 0.4) is 0 Å². The molecular formula is C26H35N3O4. The van der Waals surface area contributed by atoms with Crippen LogP contribution in [0.1, 0.15) is 56.6 Å². The van der Waals surface area contributed by atoms with E-state index in [0.717, 1.165) is 54.0 Å². The summed E-state index contributed by atoms with van der Waals surface area (Å²) in [4.78, 5) is 20.0. The maximum atomic E-state index is 12.6. The van der Waals surface area contributed by atoms with Crippen molar-refractivity contribution in [3.8, 4) is 11.5 Å². The lowest BCUT2D eigenvalue weighted by Crippen LogP contribution is -2.43. The van der Waals surface area contributed by atoms with Crippen molar-refractivity contribution < 1.29 is 19.0 Å². The molecule has 0 radical (unpaired) electrons. The quantitative estimate of drug-likeness (QED) is 0.476. The normalized spacial score (nSPS) is 23.9. The number of hydrogen-bond acceptors (Lipinski definition) is 7. The topological polar surface area (TPSA) is 72.9 Å². The summed E-state index contributed by atoms with van der Waals surface area (Å²) < 4.78 is 17.2. The summed E-state index contributed by atoms with van der Waals surface area (Å²) >= 11 is 0. The van der Waals surface area contributed by atoms with Crippen LogP contribution in [0.25, 0.3) is 10.9 Å². The van der Waals surface area contributed by atoms with Gasteiger partial charge >= 0.3 is 5.97 Å². The van der Waals surface area contributed by atoms with Crippen molar-refractivity contribution in [3.05, 3.63) is 23.3 Å². The fourth-order valence-electron chi connectivity index (χ4n) is 5.87. The van der Waals surface area contributed by atoms with E-state index in [1.807, 2.05) is 13.0 Å². The van der Waals surface area contributed by atoms with Crippen molar-refractivity contribution in [1.29, 1.82) is 0 Å². The molecule has 178 valence electrons. The van der Waals surface area contributed by atoms with Crippen molar-refractivity contribution >= 4 is 22.7 Å². The fourth-order valence-corrected chi connectivity index (χ4v) is 5.87. The molecule has 0 spiro atoms. The van der Waals surface area contributed by atoms with Crippen LogP contribution in [0, 0.1) is 5.92 Å². The van der Waals surface area contributed by atoms with Crippen LogP contribution >= 0.6 is 0 Å². The van der Waals surface area contributed by atoms with Gasteiger partial charge in [-0.15, -0.1) is 0 Å². The number of likely N-dealkylation sites (tertiary alicyclic amines) is 1. The summed E-state index contributed by atoms with van der Waals surface area (Å²) in [5.41, 5.74) is 3.46. The highest BCUT2D eigenvalue weighted by Crippen LogP contribution is 2.50. The van der Waals surface area contributed by atoms with E-state index in [1.54, 1.807) is 7.11 Å². The Morgan fingerprint density at radius 3 is 2.82 bits per heavy atom. The predicted octanol–water partition coefficient (Wildman–Crippen LogP) is 4.13. The van der Waals surface area contributed by atoms with Crippen molar-refractivity contribution in [2.45, 2.75) is 57.9 Å². The third-order valence-electron chi connectivity index (χ3n) is 7.56. The molecule has 3 unspecified atom stereocenters. The summed E-state index contributed by atoms with van der Waals surface area (Å²) in [6.07, 6.45) is 5.61. The average Bonchev–Trinajstić information content (AvgIpc) is 3.49. The molecule has 1 fully saturated rings. The first-order valence-electron chi connectivity index (χ1n) is 12.4. The minimum atomic E-state index is -0.363. The number of anilines is 1. The number of ether oxygens (including phenoxy) is 3. The molecule has 0 saturated carbocycles. The second-order valence-corrected chi connectivity index (χ2v) is 9.50. The van der Waals surface area contributed by atoms with E-state index >= 15 is 0 Å². The number of aryl methyl sites for hydroxylation is 1. The van der Waals surface area contributed by atoms with Gasteiger partial charge in [-0.05, 0) is 75.6 Å². The molecule has 3 atom stereocenters. The molecule has 1 aliphatic carbocycles. The van der Waals surface area contributed by atoms with Gasteiger partial charge in [-0.2, -0.15) is 0 Å². The smallest absolute Gasteiger partial charge is 0.328 e. The van der Waals surface area contributed by atoms with Crippen LogP contribution in [-0.4, -0.2) is 61.9 Å². The Morgan fingerprint density at radius 2 is 2.06 bits per heavy atom. The number of nitrogens with zero attached hydrogens (tertiary/aromatic N) is 2. The van der Waals surface area contributed by atoms with Gasteiger partial charge in [0.15, 0.2) is 11.5 Å². The van der Waals surface area contributed by atoms with Crippen LogP contribution in [0.5, 0.6) is 11.5 Å². The maximum Gasteiger partial charge on any atom is 0.328 e. The van der Waals surface area contributed by atoms with E-state index in [0.29, 0.717) is 19.1 Å². The number of rotatable bonds is 8. The number of hydrogen-bond donors (Lipinski definition) is 1. The van der Waals surface area contributed by atoms with E-state index in [2.05, 4.69) is 23.2 Å². The third-order valence-corrected chi connectivity index (χ3v) is 7.56. The Labute approximate surface area is 195 Å². The van der Waals surface area contributed by atoms with Gasteiger partial charge < -0.3 is 24.4 Å². The lowest BCUT2D eigenvalue weighted by atomic mass is 9.80. The zero-order valence-corrected chi connectivity index (χ0v) is 20.0. The molecule has 7 heteroatoms. The number of methoxy groups -OCH3 is 1. The number of aromatic nitrogens is 1. The van der Waals surface area contributed by atoms with E-state index in [1.165, 1.54) is 37.1 Å². The first-order chi connectivity index (χ1) is 16.1. The van der Waals surface area contributed by atoms with Gasteiger partial charge in [0, 0.05) is 23.6 Å². The van der Waals surface area contributed by atoms with Crippen molar-refractivity contribution in [3.63, 3.8) is 0 Å². The lowest BCUT2D eigenvalue weighted by Gasteiger charge is -2.35. The number of carbonyl (C=O) groups is 1. The fraction of sp³-hybridized carbons (Fsp3) is 0.615. The van der Waals surface area contributed by atoms with Gasteiger partial charge in [-0.25, -0.2) is 9.78 Å². The Morgan fingerprint density at radius 1 is 1.24 bits per heavy atom. The highest BCUT2D eigenvalue weighted by atomic mass is 16.5. The SMILES string of the molecule is CCOC(=O)C1Nc2nc3cc(OCCCN4CCCC4)c(OC)cc3c3c2C(CC3)C1C. The van der Waals surface area contributed by atoms with Gasteiger partial charge in [0.25, 0.3) is 0 Å². The minimum Gasteiger partial charge on any atom is -0.493 e. The molecule has 7 nitrogen and oxygen atoms in total. The largest absolute Gasteiger partial charge is 0.493 e. The average molecular weight is 454 g/mol. The highest BCUT2D eigenvalue weighted by Gasteiger charge is 2.43. The standard InChI is InChI=1S/C26H35N3O4/c1-4-32-26(30)24-16(2)17-8-9-18-19-14-21(31-3)22(15-20(19)27-25(28-24)23(17)18)33-13-7-12-29-10-5-6-11-29/h14-17,24H,4-13H2,1-3H3,(H,27,28). The Bertz CT molecular complexity index is 1030. The Balaban J connectivity index is 1.42. The first-order valence-corrected chi connectivity index (χ1v) is 12.4. The third kappa shape index (κ3) is 4.12. The second-order valence-electron chi connectivity index (χ2n) is 9.50. The summed E-state index contributed by atoms with van der Waals surface area (Å²) in [5, 5.41) is 4.53. The zero-order valence-electron chi connectivity index (χ0n) is 20.0. The summed E-state index contributed by atoms with van der Waals surface area (Å²) in [7, 11) is 1.69. The number of benzene rings is 1. The zero-order chi connectivity index (χ0) is 22.9. The molecule has 0 bridgehead atoms. The molecule has 3 aliphatic rings. The molecule has 0 amide bonds. The predicted molar refractivity (Wildman–Crippen MR) is 128 cm³/mol. The van der Waals surface area contributed by atoms with E-state index in [-0.39, 0.29) is 17.9 Å². The maximum absolute atomic E-state index is 12.6. The molecule has 2 aliphatic heterocycles. The van der Waals surface area contributed by atoms with Crippen LogP contribution in [0.4, 0.5) is 5.82 Å². The first kappa shape index (κ1) is 22.3. The highest BCUT2D eigenvalue weighted by molar-refractivity contribution is 5.91. The van der Waals surface area contributed by atoms with Crippen molar-refractivity contribution in [2.24, 2.45) is 5.92 Å². The molecule has 1 saturated heterocycles. The van der Waals surface area contributed by atoms with E-state index in [4.69, 9.17) is 19.2 Å². The molecule has 2 aromatic rings. The van der Waals surface area contributed by atoms with Gasteiger partial charge in [-0.3, -0.25) is 0 Å². The van der Waals surface area contributed by atoms with Gasteiger partial charge in [0.2, 0.25) is 0 Å². The summed E-state index contributed by atoms with van der Waals surface area (Å²) in [6, 6.07) is 3.71. The van der Waals surface area contributed by atoms with Gasteiger partial charge in [0.05, 0.1) is 25.8 Å². The number of nitrogens with one attached hydrogen (secondary N) is 1. The number of esters is 1.